The molecule has 0 saturated carbocycles. The first kappa shape index (κ1) is 15.3. The van der Waals surface area contributed by atoms with Crippen molar-refractivity contribution in [3.8, 4) is 5.75 Å². The summed E-state index contributed by atoms with van der Waals surface area (Å²) >= 11 is 0. The molecule has 0 N–H and O–H groups in total. The second kappa shape index (κ2) is 6.24. The lowest BCUT2D eigenvalue weighted by molar-refractivity contribution is 0.103. The number of nitrogens with zero attached hydrogens (tertiary/aromatic N) is 1. The largest absolute Gasteiger partial charge is 0.492 e. The van der Waals surface area contributed by atoms with Crippen LogP contribution in [0.1, 0.15) is 22.3 Å². The summed E-state index contributed by atoms with van der Waals surface area (Å²) < 4.78 is 19.0. The van der Waals surface area contributed by atoms with Gasteiger partial charge in [0.1, 0.15) is 11.6 Å². The number of anilines is 1. The summed E-state index contributed by atoms with van der Waals surface area (Å²) in [5, 5.41) is 0. The van der Waals surface area contributed by atoms with Crippen LogP contribution >= 0.6 is 0 Å². The summed E-state index contributed by atoms with van der Waals surface area (Å²) in [7, 11) is 3.95. The molecule has 0 radical (unpaired) electrons. The lowest BCUT2D eigenvalue weighted by atomic mass is 9.99. The SMILES string of the molecule is CN(C)c1ccc(/C=C2/CCOc3ccc(F)cc3C2=O)cc1. The van der Waals surface area contributed by atoms with Crippen LogP contribution in [-0.4, -0.2) is 26.5 Å². The molecule has 1 aliphatic rings. The number of hydrogen-bond donors (Lipinski definition) is 0. The topological polar surface area (TPSA) is 29.5 Å². The van der Waals surface area contributed by atoms with Gasteiger partial charge in [-0.1, -0.05) is 12.1 Å². The highest BCUT2D eigenvalue weighted by molar-refractivity contribution is 6.13. The minimum Gasteiger partial charge on any atom is -0.492 e. The third-order valence-electron chi connectivity index (χ3n) is 3.86. The molecule has 0 amide bonds. The van der Waals surface area contributed by atoms with Crippen molar-refractivity contribution in [1.29, 1.82) is 0 Å². The molecule has 4 heteroatoms. The Morgan fingerprint density at radius 3 is 2.57 bits per heavy atom. The van der Waals surface area contributed by atoms with Gasteiger partial charge in [-0.3, -0.25) is 4.79 Å². The third-order valence-corrected chi connectivity index (χ3v) is 3.86. The summed E-state index contributed by atoms with van der Waals surface area (Å²) in [6, 6.07) is 12.0. The zero-order valence-electron chi connectivity index (χ0n) is 13.2. The van der Waals surface area contributed by atoms with E-state index in [0.29, 0.717) is 29.9 Å². The van der Waals surface area contributed by atoms with Crippen molar-refractivity contribution < 1.29 is 13.9 Å². The molecule has 0 fully saturated rings. The highest BCUT2D eigenvalue weighted by Crippen LogP contribution is 2.28. The summed E-state index contributed by atoms with van der Waals surface area (Å²) in [6.07, 6.45) is 2.36. The number of carbonyl (C=O) groups is 1. The van der Waals surface area contributed by atoms with Gasteiger partial charge in [0.2, 0.25) is 0 Å². The Hall–Kier alpha value is -2.62. The van der Waals surface area contributed by atoms with Gasteiger partial charge in [-0.05, 0) is 42.0 Å². The molecule has 0 aromatic heterocycles. The van der Waals surface area contributed by atoms with Crippen LogP contribution in [0, 0.1) is 5.82 Å². The van der Waals surface area contributed by atoms with E-state index in [0.717, 1.165) is 11.3 Å². The summed E-state index contributed by atoms with van der Waals surface area (Å²) in [5.74, 6) is -0.159. The molecule has 1 heterocycles. The smallest absolute Gasteiger partial charge is 0.192 e. The molecule has 0 bridgehead atoms. The molecule has 0 spiro atoms. The lowest BCUT2D eigenvalue weighted by Gasteiger charge is -2.12. The molecule has 3 nitrogen and oxygen atoms in total. The van der Waals surface area contributed by atoms with E-state index in [2.05, 4.69) is 0 Å². The van der Waals surface area contributed by atoms with Crippen molar-refractivity contribution in [2.24, 2.45) is 0 Å². The van der Waals surface area contributed by atoms with Crippen LogP contribution in [0.5, 0.6) is 5.75 Å². The van der Waals surface area contributed by atoms with Crippen molar-refractivity contribution in [2.75, 3.05) is 25.6 Å². The third kappa shape index (κ3) is 3.26. The van der Waals surface area contributed by atoms with E-state index in [1.54, 1.807) is 0 Å². The number of halogens is 1. The Bertz CT molecular complexity index is 763. The van der Waals surface area contributed by atoms with Crippen molar-refractivity contribution in [2.45, 2.75) is 6.42 Å². The first-order valence-electron chi connectivity index (χ1n) is 7.49. The molecule has 0 aliphatic carbocycles. The summed E-state index contributed by atoms with van der Waals surface area (Å²) in [6.45, 7) is 0.409. The predicted octanol–water partition coefficient (Wildman–Crippen LogP) is 3.94. The number of Topliss-reactive ketones (excluding diaryl/α,β-unsaturated/α-hetero) is 1. The highest BCUT2D eigenvalue weighted by atomic mass is 19.1. The number of carbonyl (C=O) groups excluding carboxylic acids is 1. The fraction of sp³-hybridized carbons (Fsp3) is 0.211. The number of fused-ring (bicyclic) bond motifs is 1. The van der Waals surface area contributed by atoms with E-state index in [-0.39, 0.29) is 5.78 Å². The number of benzene rings is 2. The van der Waals surface area contributed by atoms with Gasteiger partial charge in [-0.2, -0.15) is 0 Å². The minimum atomic E-state index is -0.433. The Balaban J connectivity index is 1.94. The second-order valence-corrected chi connectivity index (χ2v) is 5.72. The van der Waals surface area contributed by atoms with Gasteiger partial charge in [0, 0.05) is 31.8 Å². The molecule has 3 rings (SSSR count). The summed E-state index contributed by atoms with van der Waals surface area (Å²) in [4.78, 5) is 14.7. The maximum Gasteiger partial charge on any atom is 0.192 e. The number of ether oxygens (including phenoxy) is 1. The van der Waals surface area contributed by atoms with E-state index in [1.165, 1.54) is 18.2 Å². The Kier molecular flexibility index (Phi) is 4.15. The first-order chi connectivity index (χ1) is 11.0. The van der Waals surface area contributed by atoms with Crippen LogP contribution in [-0.2, 0) is 0 Å². The van der Waals surface area contributed by atoms with Crippen molar-refractivity contribution in [1.82, 2.24) is 0 Å². The van der Waals surface area contributed by atoms with Crippen LogP contribution < -0.4 is 9.64 Å². The highest BCUT2D eigenvalue weighted by Gasteiger charge is 2.21. The molecular weight excluding hydrogens is 293 g/mol. The number of hydrogen-bond acceptors (Lipinski definition) is 3. The Morgan fingerprint density at radius 2 is 1.87 bits per heavy atom. The van der Waals surface area contributed by atoms with Crippen LogP contribution in [0.4, 0.5) is 10.1 Å². The van der Waals surface area contributed by atoms with E-state index in [9.17, 15) is 9.18 Å². The zero-order valence-corrected chi connectivity index (χ0v) is 13.2. The average Bonchev–Trinajstić information content (AvgIpc) is 2.68. The van der Waals surface area contributed by atoms with E-state index in [1.807, 2.05) is 49.3 Å². The normalized spacial score (nSPS) is 15.8. The summed E-state index contributed by atoms with van der Waals surface area (Å²) in [5.41, 5.74) is 2.96. The van der Waals surface area contributed by atoms with E-state index in [4.69, 9.17) is 4.74 Å². The monoisotopic (exact) mass is 311 g/mol. The minimum absolute atomic E-state index is 0.173. The van der Waals surface area contributed by atoms with Crippen LogP contribution in [0.25, 0.3) is 6.08 Å². The Morgan fingerprint density at radius 1 is 1.13 bits per heavy atom. The van der Waals surface area contributed by atoms with Gasteiger partial charge in [0.05, 0.1) is 12.2 Å². The fourth-order valence-corrected chi connectivity index (χ4v) is 2.57. The standard InChI is InChI=1S/C19H18FNO2/c1-21(2)16-6-3-13(4-7-16)11-14-9-10-23-18-8-5-15(20)12-17(18)19(14)22/h3-8,11-12H,9-10H2,1-2H3/b14-11-. The fourth-order valence-electron chi connectivity index (χ4n) is 2.57. The van der Waals surface area contributed by atoms with Crippen LogP contribution in [0.2, 0.25) is 0 Å². The molecule has 0 atom stereocenters. The number of rotatable bonds is 2. The molecular formula is C19H18FNO2. The van der Waals surface area contributed by atoms with Crippen molar-refractivity contribution in [3.05, 3.63) is 65.0 Å². The molecule has 23 heavy (non-hydrogen) atoms. The molecule has 118 valence electrons. The second-order valence-electron chi connectivity index (χ2n) is 5.72. The Labute approximate surface area is 135 Å². The molecule has 1 aliphatic heterocycles. The van der Waals surface area contributed by atoms with Gasteiger partial charge >= 0.3 is 0 Å². The van der Waals surface area contributed by atoms with Crippen LogP contribution in [0.15, 0.2) is 48.0 Å². The zero-order chi connectivity index (χ0) is 16.4. The van der Waals surface area contributed by atoms with Gasteiger partial charge in [0.25, 0.3) is 0 Å². The molecule has 0 saturated heterocycles. The van der Waals surface area contributed by atoms with Crippen molar-refractivity contribution in [3.63, 3.8) is 0 Å². The van der Waals surface area contributed by atoms with E-state index < -0.39 is 5.82 Å². The first-order valence-corrected chi connectivity index (χ1v) is 7.49. The molecule has 0 unspecified atom stereocenters. The van der Waals surface area contributed by atoms with Gasteiger partial charge < -0.3 is 9.64 Å². The van der Waals surface area contributed by atoms with Crippen LogP contribution in [0.3, 0.4) is 0 Å². The van der Waals surface area contributed by atoms with Gasteiger partial charge in [-0.15, -0.1) is 0 Å². The molecule has 2 aromatic rings. The van der Waals surface area contributed by atoms with E-state index >= 15 is 0 Å². The van der Waals surface area contributed by atoms with Gasteiger partial charge in [0.15, 0.2) is 5.78 Å². The maximum absolute atomic E-state index is 13.4. The lowest BCUT2D eigenvalue weighted by Crippen LogP contribution is -2.08. The average molecular weight is 311 g/mol. The van der Waals surface area contributed by atoms with Gasteiger partial charge in [-0.25, -0.2) is 4.39 Å². The number of ketones is 1. The predicted molar refractivity (Wildman–Crippen MR) is 89.6 cm³/mol. The van der Waals surface area contributed by atoms with Crippen molar-refractivity contribution >= 4 is 17.5 Å². The molecule has 2 aromatic carbocycles. The maximum atomic E-state index is 13.4. The quantitative estimate of drug-likeness (QED) is 0.787.